The van der Waals surface area contributed by atoms with Gasteiger partial charge in [0.15, 0.2) is 0 Å². The monoisotopic (exact) mass is 340 g/mol. The molecule has 1 aromatic heterocycles. The minimum Gasteiger partial charge on any atom is -0.306 e. The Labute approximate surface area is 132 Å². The lowest BCUT2D eigenvalue weighted by Crippen LogP contribution is -2.21. The van der Waals surface area contributed by atoms with E-state index < -0.39 is 17.8 Å². The first-order valence-corrected chi connectivity index (χ1v) is 6.72. The van der Waals surface area contributed by atoms with E-state index in [1.54, 1.807) is 12.1 Å². The molecule has 9 heteroatoms. The number of amides is 1. The van der Waals surface area contributed by atoms with Gasteiger partial charge in [-0.25, -0.2) is 4.79 Å². The number of rotatable bonds is 1. The van der Waals surface area contributed by atoms with E-state index in [-0.39, 0.29) is 5.69 Å². The van der Waals surface area contributed by atoms with Gasteiger partial charge in [-0.15, -0.1) is 5.10 Å². The fourth-order valence-corrected chi connectivity index (χ4v) is 2.16. The van der Waals surface area contributed by atoms with Crippen LogP contribution in [0.5, 0.6) is 0 Å². The molecule has 0 saturated carbocycles. The molecule has 0 aliphatic rings. The van der Waals surface area contributed by atoms with Crippen molar-refractivity contribution < 1.29 is 18.0 Å². The van der Waals surface area contributed by atoms with Crippen molar-refractivity contribution in [2.75, 3.05) is 5.32 Å². The van der Waals surface area contributed by atoms with Gasteiger partial charge in [0.25, 0.3) is 0 Å². The Morgan fingerprint density at radius 2 is 1.96 bits per heavy atom. The number of hydrogen-bond donors (Lipinski definition) is 1. The number of fused-ring (bicyclic) bond motifs is 1. The summed E-state index contributed by atoms with van der Waals surface area (Å²) >= 11 is 5.81. The third kappa shape index (κ3) is 3.11. The molecule has 0 radical (unpaired) electrons. The summed E-state index contributed by atoms with van der Waals surface area (Å²) in [6.07, 6.45) is -4.49. The molecule has 118 valence electrons. The lowest BCUT2D eigenvalue weighted by Gasteiger charge is -2.09. The van der Waals surface area contributed by atoms with Crippen molar-refractivity contribution in [1.82, 2.24) is 15.0 Å². The molecule has 2 aromatic carbocycles. The highest BCUT2D eigenvalue weighted by Crippen LogP contribution is 2.30. The molecular formula is C14H8ClF3N4O. The van der Waals surface area contributed by atoms with Gasteiger partial charge in [-0.05, 0) is 36.4 Å². The van der Waals surface area contributed by atoms with E-state index in [0.29, 0.717) is 16.1 Å². The van der Waals surface area contributed by atoms with Crippen LogP contribution in [0.4, 0.5) is 23.7 Å². The van der Waals surface area contributed by atoms with Crippen LogP contribution in [-0.4, -0.2) is 21.0 Å². The predicted molar refractivity (Wildman–Crippen MR) is 78.4 cm³/mol. The molecule has 0 saturated heterocycles. The molecular weight excluding hydrogens is 333 g/mol. The molecule has 1 N–H and O–H groups in total. The van der Waals surface area contributed by atoms with E-state index in [9.17, 15) is 18.0 Å². The van der Waals surface area contributed by atoms with E-state index >= 15 is 0 Å². The minimum absolute atomic E-state index is 0.00226. The Hall–Kier alpha value is -2.61. The number of benzene rings is 2. The lowest BCUT2D eigenvalue weighted by atomic mass is 10.2. The SMILES string of the molecule is O=C(Nc1cccc(C(F)(F)F)c1)n1nnc2cc(Cl)ccc21. The highest BCUT2D eigenvalue weighted by Gasteiger charge is 2.30. The second-order valence-electron chi connectivity index (χ2n) is 4.64. The summed E-state index contributed by atoms with van der Waals surface area (Å²) in [5, 5.41) is 10.2. The van der Waals surface area contributed by atoms with E-state index in [1.165, 1.54) is 18.2 Å². The quantitative estimate of drug-likeness (QED) is 0.722. The maximum atomic E-state index is 12.7. The summed E-state index contributed by atoms with van der Waals surface area (Å²) in [6, 6.07) is 8.22. The van der Waals surface area contributed by atoms with Crippen molar-refractivity contribution in [3.8, 4) is 0 Å². The Balaban J connectivity index is 1.89. The number of anilines is 1. The fraction of sp³-hybridized carbons (Fsp3) is 0.0714. The standard InChI is InChI=1S/C14H8ClF3N4O/c15-9-4-5-12-11(7-9)20-21-22(12)13(23)19-10-3-1-2-8(6-10)14(16,17)18/h1-7H,(H,19,23). The van der Waals surface area contributed by atoms with Gasteiger partial charge in [-0.3, -0.25) is 0 Å². The molecule has 0 unspecified atom stereocenters. The van der Waals surface area contributed by atoms with Crippen molar-refractivity contribution in [2.45, 2.75) is 6.18 Å². The number of halogens is 4. The number of aromatic nitrogens is 3. The first-order chi connectivity index (χ1) is 10.8. The van der Waals surface area contributed by atoms with Crippen LogP contribution in [-0.2, 0) is 6.18 Å². The molecule has 0 fully saturated rings. The van der Waals surface area contributed by atoms with Crippen LogP contribution in [0.15, 0.2) is 42.5 Å². The van der Waals surface area contributed by atoms with Gasteiger partial charge in [0, 0.05) is 10.7 Å². The summed E-state index contributed by atoms with van der Waals surface area (Å²) in [4.78, 5) is 12.2. The van der Waals surface area contributed by atoms with E-state index in [1.807, 2.05) is 0 Å². The molecule has 0 bridgehead atoms. The van der Waals surface area contributed by atoms with Crippen molar-refractivity contribution in [2.24, 2.45) is 0 Å². The van der Waals surface area contributed by atoms with Crippen molar-refractivity contribution >= 4 is 34.4 Å². The molecule has 0 aliphatic carbocycles. The summed E-state index contributed by atoms with van der Waals surface area (Å²) in [7, 11) is 0. The second-order valence-corrected chi connectivity index (χ2v) is 5.08. The average Bonchev–Trinajstić information content (AvgIpc) is 2.89. The third-order valence-electron chi connectivity index (χ3n) is 3.04. The molecule has 3 aromatic rings. The van der Waals surface area contributed by atoms with E-state index in [0.717, 1.165) is 16.8 Å². The van der Waals surface area contributed by atoms with Gasteiger partial charge in [0.05, 0.1) is 11.1 Å². The molecule has 0 spiro atoms. The summed E-state index contributed by atoms with van der Waals surface area (Å²) in [5.74, 6) is 0. The predicted octanol–water partition coefficient (Wildman–Crippen LogP) is 4.18. The summed E-state index contributed by atoms with van der Waals surface area (Å²) in [6.45, 7) is 0. The normalized spacial score (nSPS) is 11.7. The van der Waals surface area contributed by atoms with Crippen LogP contribution in [0.3, 0.4) is 0 Å². The van der Waals surface area contributed by atoms with Gasteiger partial charge in [-0.2, -0.15) is 17.9 Å². The number of carbonyl (C=O) groups is 1. The maximum absolute atomic E-state index is 12.7. The first kappa shape index (κ1) is 15.3. The number of hydrogen-bond acceptors (Lipinski definition) is 3. The Kier molecular flexibility index (Phi) is 3.69. The highest BCUT2D eigenvalue weighted by atomic mass is 35.5. The Morgan fingerprint density at radius 3 is 2.70 bits per heavy atom. The minimum atomic E-state index is -4.49. The van der Waals surface area contributed by atoms with Crippen molar-refractivity contribution in [3.63, 3.8) is 0 Å². The summed E-state index contributed by atoms with van der Waals surface area (Å²) in [5.41, 5.74) is -0.0662. The Morgan fingerprint density at radius 1 is 1.17 bits per heavy atom. The number of alkyl halides is 3. The summed E-state index contributed by atoms with van der Waals surface area (Å²) < 4.78 is 39.0. The molecule has 23 heavy (non-hydrogen) atoms. The van der Waals surface area contributed by atoms with Gasteiger partial charge in [0.1, 0.15) is 5.52 Å². The third-order valence-corrected chi connectivity index (χ3v) is 3.28. The first-order valence-electron chi connectivity index (χ1n) is 6.34. The zero-order valence-corrected chi connectivity index (χ0v) is 12.1. The average molecular weight is 341 g/mol. The van der Waals surface area contributed by atoms with E-state index in [2.05, 4.69) is 15.6 Å². The van der Waals surface area contributed by atoms with Crippen molar-refractivity contribution in [3.05, 3.63) is 53.1 Å². The van der Waals surface area contributed by atoms with Crippen LogP contribution in [0.2, 0.25) is 5.02 Å². The van der Waals surface area contributed by atoms with Crippen molar-refractivity contribution in [1.29, 1.82) is 0 Å². The molecule has 3 rings (SSSR count). The molecule has 0 atom stereocenters. The zero-order chi connectivity index (χ0) is 16.6. The lowest BCUT2D eigenvalue weighted by molar-refractivity contribution is -0.137. The van der Waals surface area contributed by atoms with Gasteiger partial charge >= 0.3 is 12.2 Å². The van der Waals surface area contributed by atoms with Gasteiger partial charge in [-0.1, -0.05) is 22.9 Å². The van der Waals surface area contributed by atoms with Crippen LogP contribution in [0, 0.1) is 0 Å². The topological polar surface area (TPSA) is 59.8 Å². The largest absolute Gasteiger partial charge is 0.416 e. The zero-order valence-electron chi connectivity index (χ0n) is 11.3. The van der Waals surface area contributed by atoms with Crippen LogP contribution in [0.25, 0.3) is 11.0 Å². The second kappa shape index (κ2) is 5.54. The van der Waals surface area contributed by atoms with Gasteiger partial charge < -0.3 is 5.32 Å². The number of nitrogens with one attached hydrogen (secondary N) is 1. The maximum Gasteiger partial charge on any atom is 0.416 e. The highest BCUT2D eigenvalue weighted by molar-refractivity contribution is 6.31. The molecule has 1 amide bonds. The fourth-order valence-electron chi connectivity index (χ4n) is 2.00. The molecule has 5 nitrogen and oxygen atoms in total. The number of nitrogens with zero attached hydrogens (tertiary/aromatic N) is 3. The smallest absolute Gasteiger partial charge is 0.306 e. The Bertz CT molecular complexity index is 891. The number of carbonyl (C=O) groups excluding carboxylic acids is 1. The van der Waals surface area contributed by atoms with Crippen LogP contribution < -0.4 is 5.32 Å². The molecule has 0 aliphatic heterocycles. The van der Waals surface area contributed by atoms with Gasteiger partial charge in [0.2, 0.25) is 0 Å². The molecule has 1 heterocycles. The van der Waals surface area contributed by atoms with E-state index in [4.69, 9.17) is 11.6 Å². The van der Waals surface area contributed by atoms with Crippen LogP contribution in [0.1, 0.15) is 5.56 Å². The van der Waals surface area contributed by atoms with Crippen LogP contribution >= 0.6 is 11.6 Å².